The van der Waals surface area contributed by atoms with Gasteiger partial charge in [0.05, 0.1) is 23.7 Å². The fourth-order valence-corrected chi connectivity index (χ4v) is 6.49. The Kier molecular flexibility index (Phi) is 11.9. The van der Waals surface area contributed by atoms with E-state index in [0.29, 0.717) is 56.4 Å². The highest BCUT2D eigenvalue weighted by atomic mass is 16.5. The largest absolute Gasteiger partial charge is 0.494 e. The number of hydrogen-bond donors (Lipinski definition) is 1. The third-order valence-corrected chi connectivity index (χ3v) is 9.23. The maximum atomic E-state index is 13.1. The lowest BCUT2D eigenvalue weighted by Gasteiger charge is -2.28. The molecule has 2 aliphatic rings. The molecule has 2 atom stereocenters. The van der Waals surface area contributed by atoms with Gasteiger partial charge in [-0.25, -0.2) is 9.59 Å². The molecule has 0 bridgehead atoms. The van der Waals surface area contributed by atoms with Gasteiger partial charge < -0.3 is 19.3 Å². The summed E-state index contributed by atoms with van der Waals surface area (Å²) in [6.45, 7) is 2.92. The molecule has 0 heterocycles. The average molecular weight is 627 g/mol. The van der Waals surface area contributed by atoms with Gasteiger partial charge in [-0.2, -0.15) is 0 Å². The van der Waals surface area contributed by atoms with E-state index in [1.807, 2.05) is 30.3 Å². The lowest BCUT2D eigenvalue weighted by atomic mass is 9.83. The molecule has 2 aliphatic carbocycles. The number of unbranched alkanes of at least 4 members (excludes halogenated alkanes) is 7. The van der Waals surface area contributed by atoms with E-state index < -0.39 is 11.9 Å². The van der Waals surface area contributed by atoms with Gasteiger partial charge in [-0.1, -0.05) is 64.0 Å². The van der Waals surface area contributed by atoms with Crippen molar-refractivity contribution in [2.75, 3.05) is 6.61 Å². The van der Waals surface area contributed by atoms with Crippen LogP contribution in [0.5, 0.6) is 11.5 Å². The second-order valence-electron chi connectivity index (χ2n) is 12.7. The van der Waals surface area contributed by atoms with Crippen molar-refractivity contribution in [3.63, 3.8) is 0 Å². The van der Waals surface area contributed by atoms with Crippen LogP contribution in [0.4, 0.5) is 0 Å². The van der Waals surface area contributed by atoms with Gasteiger partial charge in [0.1, 0.15) is 17.6 Å². The molecule has 7 nitrogen and oxygen atoms in total. The summed E-state index contributed by atoms with van der Waals surface area (Å²) in [5, 5.41) is 9.24. The molecule has 0 aliphatic heterocycles. The Bertz CT molecular complexity index is 1490. The highest BCUT2D eigenvalue weighted by molar-refractivity contribution is 5.91. The van der Waals surface area contributed by atoms with Crippen molar-refractivity contribution < 1.29 is 33.7 Å². The summed E-state index contributed by atoms with van der Waals surface area (Å²) >= 11 is 0. The molecule has 0 aromatic heterocycles. The zero-order valence-electron chi connectivity index (χ0n) is 26.9. The minimum absolute atomic E-state index is 0.179. The van der Waals surface area contributed by atoms with Crippen LogP contribution in [0, 0.1) is 5.92 Å². The number of aromatic carboxylic acids is 1. The monoisotopic (exact) mass is 626 g/mol. The van der Waals surface area contributed by atoms with Gasteiger partial charge in [0, 0.05) is 6.42 Å². The van der Waals surface area contributed by atoms with E-state index in [1.54, 1.807) is 30.3 Å². The molecule has 0 saturated carbocycles. The number of esters is 2. The van der Waals surface area contributed by atoms with Gasteiger partial charge in [-0.15, -0.1) is 0 Å². The predicted molar refractivity (Wildman–Crippen MR) is 177 cm³/mol. The van der Waals surface area contributed by atoms with E-state index in [9.17, 15) is 19.5 Å². The minimum Gasteiger partial charge on any atom is -0.494 e. The molecular formula is C39H46O7. The second-order valence-corrected chi connectivity index (χ2v) is 12.7. The average Bonchev–Trinajstić information content (AvgIpc) is 3.07. The Hall–Kier alpha value is -4.13. The SMILES string of the molecule is CCCCCCCCCCOc1ccc(C(=O)Oc2ccc3c(c2)CCC(C(=O)OC2CCc4cc(C(=O)O)ccc4C2)C3)cc1. The molecule has 7 heteroatoms. The Morgan fingerprint density at radius 2 is 1.33 bits per heavy atom. The summed E-state index contributed by atoms with van der Waals surface area (Å²) in [7, 11) is 0. The van der Waals surface area contributed by atoms with Gasteiger partial charge in [-0.3, -0.25) is 4.79 Å². The quantitative estimate of drug-likeness (QED) is 0.103. The van der Waals surface area contributed by atoms with E-state index >= 15 is 0 Å². The molecule has 3 aromatic carbocycles. The van der Waals surface area contributed by atoms with E-state index in [2.05, 4.69) is 6.92 Å². The second kappa shape index (κ2) is 16.4. The Labute approximate surface area is 272 Å². The molecule has 1 N–H and O–H groups in total. The van der Waals surface area contributed by atoms with Crippen LogP contribution in [0.1, 0.15) is 114 Å². The Balaban J connectivity index is 1.05. The molecule has 3 aromatic rings. The van der Waals surface area contributed by atoms with Crippen LogP contribution >= 0.6 is 0 Å². The molecule has 2 unspecified atom stereocenters. The summed E-state index contributed by atoms with van der Waals surface area (Å²) < 4.78 is 17.5. The number of carboxylic acid groups (broad SMARTS) is 1. The first-order chi connectivity index (χ1) is 22.4. The first-order valence-corrected chi connectivity index (χ1v) is 17.0. The topological polar surface area (TPSA) is 99.1 Å². The number of carboxylic acids is 1. The first kappa shape index (κ1) is 33.2. The third kappa shape index (κ3) is 9.21. The van der Waals surface area contributed by atoms with E-state index in [4.69, 9.17) is 14.2 Å². The number of carbonyl (C=O) groups excluding carboxylic acids is 2. The molecule has 0 radical (unpaired) electrons. The van der Waals surface area contributed by atoms with Crippen LogP contribution in [-0.2, 0) is 35.2 Å². The van der Waals surface area contributed by atoms with Crippen molar-refractivity contribution in [3.8, 4) is 11.5 Å². The summed E-state index contributed by atoms with van der Waals surface area (Å²) in [5.74, 6) is -0.496. The zero-order chi connectivity index (χ0) is 32.3. The van der Waals surface area contributed by atoms with E-state index in [1.165, 1.54) is 44.9 Å². The summed E-state index contributed by atoms with van der Waals surface area (Å²) in [5.41, 5.74) is 4.97. The van der Waals surface area contributed by atoms with Crippen molar-refractivity contribution >= 4 is 17.9 Å². The van der Waals surface area contributed by atoms with Crippen LogP contribution in [0.25, 0.3) is 0 Å². The highest BCUT2D eigenvalue weighted by Crippen LogP contribution is 2.31. The van der Waals surface area contributed by atoms with Crippen LogP contribution in [0.2, 0.25) is 0 Å². The first-order valence-electron chi connectivity index (χ1n) is 17.0. The number of fused-ring (bicyclic) bond motifs is 2. The van der Waals surface area contributed by atoms with E-state index in [-0.39, 0.29) is 23.6 Å². The number of benzene rings is 3. The van der Waals surface area contributed by atoms with Gasteiger partial charge in [0.2, 0.25) is 0 Å². The van der Waals surface area contributed by atoms with Crippen molar-refractivity contribution in [1.29, 1.82) is 0 Å². The molecule has 0 saturated heterocycles. The third-order valence-electron chi connectivity index (χ3n) is 9.23. The maximum Gasteiger partial charge on any atom is 0.343 e. The van der Waals surface area contributed by atoms with Crippen molar-refractivity contribution in [1.82, 2.24) is 0 Å². The van der Waals surface area contributed by atoms with Crippen molar-refractivity contribution in [2.24, 2.45) is 5.92 Å². The lowest BCUT2D eigenvalue weighted by molar-refractivity contribution is -0.155. The molecular weight excluding hydrogens is 580 g/mol. The van der Waals surface area contributed by atoms with Crippen molar-refractivity contribution in [3.05, 3.63) is 94.0 Å². The summed E-state index contributed by atoms with van der Waals surface area (Å²) in [6.07, 6.45) is 13.8. The van der Waals surface area contributed by atoms with Crippen LogP contribution < -0.4 is 9.47 Å². The minimum atomic E-state index is -0.931. The number of hydrogen-bond acceptors (Lipinski definition) is 6. The maximum absolute atomic E-state index is 13.1. The molecule has 0 fully saturated rings. The van der Waals surface area contributed by atoms with Crippen molar-refractivity contribution in [2.45, 2.75) is 103 Å². The van der Waals surface area contributed by atoms with Crippen LogP contribution in [0.3, 0.4) is 0 Å². The number of carbonyl (C=O) groups is 3. The van der Waals surface area contributed by atoms with Gasteiger partial charge in [0.15, 0.2) is 0 Å². The number of rotatable bonds is 15. The zero-order valence-corrected chi connectivity index (χ0v) is 26.9. The fraction of sp³-hybridized carbons (Fsp3) is 0.462. The van der Waals surface area contributed by atoms with Gasteiger partial charge in [0.25, 0.3) is 0 Å². The predicted octanol–water partition coefficient (Wildman–Crippen LogP) is 8.33. The van der Waals surface area contributed by atoms with Crippen LogP contribution in [0.15, 0.2) is 60.7 Å². The molecule has 0 spiro atoms. The standard InChI is InChI=1S/C39H46O7/c1-2-3-4-5-6-7-8-9-22-44-34-18-14-27(15-19-34)38(42)45-35-21-17-29-24-33(13-11-31(29)26-35)39(43)46-36-20-16-28-23-32(37(40)41)12-10-30(28)25-36/h10,12,14-15,17-19,21,23,26,33,36H,2-9,11,13,16,20,22,24-25H2,1H3,(H,40,41). The Morgan fingerprint density at radius 1 is 0.696 bits per heavy atom. The van der Waals surface area contributed by atoms with Gasteiger partial charge in [-0.05, 0) is 109 Å². The molecule has 244 valence electrons. The highest BCUT2D eigenvalue weighted by Gasteiger charge is 2.30. The molecule has 0 amide bonds. The summed E-state index contributed by atoms with van der Waals surface area (Å²) in [6, 6.07) is 17.9. The smallest absolute Gasteiger partial charge is 0.343 e. The number of ether oxygens (including phenoxy) is 3. The fourth-order valence-electron chi connectivity index (χ4n) is 6.49. The van der Waals surface area contributed by atoms with Crippen LogP contribution in [-0.4, -0.2) is 35.7 Å². The summed E-state index contributed by atoms with van der Waals surface area (Å²) in [4.78, 5) is 37.2. The molecule has 46 heavy (non-hydrogen) atoms. The Morgan fingerprint density at radius 3 is 2.09 bits per heavy atom. The normalized spacial score (nSPS) is 17.0. The lowest BCUT2D eigenvalue weighted by Crippen LogP contribution is -2.31. The van der Waals surface area contributed by atoms with E-state index in [0.717, 1.165) is 34.4 Å². The number of aryl methyl sites for hydroxylation is 2. The van der Waals surface area contributed by atoms with Gasteiger partial charge >= 0.3 is 17.9 Å². The molecule has 5 rings (SSSR count).